The zero-order valence-electron chi connectivity index (χ0n) is 15.1. The lowest BCUT2D eigenvalue weighted by Crippen LogP contribution is -2.36. The molecule has 2 aromatic heterocycles. The predicted octanol–water partition coefficient (Wildman–Crippen LogP) is 2.22. The van der Waals surface area contributed by atoms with Crippen molar-refractivity contribution in [1.82, 2.24) is 14.6 Å². The molecular formula is C19H21N5O3. The minimum absolute atomic E-state index is 0.280. The van der Waals surface area contributed by atoms with Crippen LogP contribution in [0.4, 0.5) is 11.4 Å². The molecule has 3 heterocycles. The maximum absolute atomic E-state index is 12.5. The second kappa shape index (κ2) is 7.63. The third-order valence-electron chi connectivity index (χ3n) is 4.32. The maximum Gasteiger partial charge on any atom is 0.275 e. The van der Waals surface area contributed by atoms with Crippen molar-refractivity contribution >= 4 is 22.9 Å². The minimum atomic E-state index is -0.280. The van der Waals surface area contributed by atoms with Crippen molar-refractivity contribution < 1.29 is 14.3 Å². The summed E-state index contributed by atoms with van der Waals surface area (Å²) in [6.07, 6.45) is 1.59. The largest absolute Gasteiger partial charge is 0.477 e. The lowest BCUT2D eigenvalue weighted by Gasteiger charge is -2.28. The van der Waals surface area contributed by atoms with Gasteiger partial charge in [0, 0.05) is 30.5 Å². The van der Waals surface area contributed by atoms with Crippen LogP contribution < -0.4 is 15.0 Å². The van der Waals surface area contributed by atoms with E-state index in [4.69, 9.17) is 9.47 Å². The quantitative estimate of drug-likeness (QED) is 0.745. The Hall–Kier alpha value is -3.13. The van der Waals surface area contributed by atoms with E-state index in [-0.39, 0.29) is 5.91 Å². The molecule has 0 radical (unpaired) electrons. The molecule has 4 rings (SSSR count). The highest BCUT2D eigenvalue weighted by Crippen LogP contribution is 2.19. The number of anilines is 2. The van der Waals surface area contributed by atoms with Crippen molar-refractivity contribution in [2.24, 2.45) is 0 Å². The lowest BCUT2D eigenvalue weighted by molar-refractivity contribution is 0.102. The Morgan fingerprint density at radius 1 is 1.19 bits per heavy atom. The molecule has 1 aliphatic rings. The number of nitrogens with one attached hydrogen (secondary N) is 1. The summed E-state index contributed by atoms with van der Waals surface area (Å²) in [6, 6.07) is 11.3. The molecule has 3 aromatic rings. The fourth-order valence-electron chi connectivity index (χ4n) is 2.97. The summed E-state index contributed by atoms with van der Waals surface area (Å²) in [5.74, 6) is 0.214. The van der Waals surface area contributed by atoms with Gasteiger partial charge in [-0.1, -0.05) is 0 Å². The van der Waals surface area contributed by atoms with Gasteiger partial charge < -0.3 is 19.7 Å². The Kier molecular flexibility index (Phi) is 4.88. The van der Waals surface area contributed by atoms with Gasteiger partial charge in [-0.15, -0.1) is 5.10 Å². The molecule has 0 bridgehead atoms. The van der Waals surface area contributed by atoms with Gasteiger partial charge in [0.25, 0.3) is 5.91 Å². The van der Waals surface area contributed by atoms with Gasteiger partial charge in [0.15, 0.2) is 5.65 Å². The summed E-state index contributed by atoms with van der Waals surface area (Å²) in [4.78, 5) is 19.1. The number of rotatable bonds is 5. The fraction of sp³-hybridized carbons (Fsp3) is 0.316. The number of imidazole rings is 1. The van der Waals surface area contributed by atoms with Crippen LogP contribution in [0.1, 0.15) is 17.4 Å². The van der Waals surface area contributed by atoms with Crippen LogP contribution in [0, 0.1) is 0 Å². The zero-order valence-corrected chi connectivity index (χ0v) is 15.1. The summed E-state index contributed by atoms with van der Waals surface area (Å²) in [5.41, 5.74) is 2.73. The number of ether oxygens (including phenoxy) is 2. The van der Waals surface area contributed by atoms with Crippen LogP contribution in [0.15, 0.2) is 42.6 Å². The van der Waals surface area contributed by atoms with Crippen LogP contribution >= 0.6 is 0 Å². The molecule has 8 nitrogen and oxygen atoms in total. The average molecular weight is 367 g/mol. The molecule has 1 aromatic carbocycles. The van der Waals surface area contributed by atoms with Gasteiger partial charge in [-0.05, 0) is 37.3 Å². The Morgan fingerprint density at radius 3 is 2.70 bits per heavy atom. The van der Waals surface area contributed by atoms with Crippen molar-refractivity contribution in [3.8, 4) is 5.88 Å². The van der Waals surface area contributed by atoms with E-state index < -0.39 is 0 Å². The van der Waals surface area contributed by atoms with Crippen LogP contribution in [0.2, 0.25) is 0 Å². The van der Waals surface area contributed by atoms with E-state index in [1.165, 1.54) is 0 Å². The van der Waals surface area contributed by atoms with Crippen LogP contribution in [-0.4, -0.2) is 53.4 Å². The Morgan fingerprint density at radius 2 is 1.96 bits per heavy atom. The predicted molar refractivity (Wildman–Crippen MR) is 102 cm³/mol. The molecule has 1 N–H and O–H groups in total. The molecule has 0 aliphatic carbocycles. The molecule has 27 heavy (non-hydrogen) atoms. The number of aromatic nitrogens is 3. The summed E-state index contributed by atoms with van der Waals surface area (Å²) >= 11 is 0. The van der Waals surface area contributed by atoms with E-state index in [1.807, 2.05) is 31.2 Å². The maximum atomic E-state index is 12.5. The molecular weight excluding hydrogens is 346 g/mol. The first-order chi connectivity index (χ1) is 13.2. The average Bonchev–Trinajstić information content (AvgIpc) is 3.13. The summed E-state index contributed by atoms with van der Waals surface area (Å²) in [6.45, 7) is 5.66. The Labute approximate surface area is 156 Å². The van der Waals surface area contributed by atoms with Gasteiger partial charge in [-0.2, -0.15) is 0 Å². The summed E-state index contributed by atoms with van der Waals surface area (Å²) < 4.78 is 12.3. The van der Waals surface area contributed by atoms with E-state index >= 15 is 0 Å². The highest BCUT2D eigenvalue weighted by molar-refractivity contribution is 6.03. The van der Waals surface area contributed by atoms with Gasteiger partial charge in [0.1, 0.15) is 5.69 Å². The first-order valence-corrected chi connectivity index (χ1v) is 8.96. The summed E-state index contributed by atoms with van der Waals surface area (Å²) in [7, 11) is 0. The van der Waals surface area contributed by atoms with Gasteiger partial charge in [-0.3, -0.25) is 4.79 Å². The number of hydrogen-bond donors (Lipinski definition) is 1. The molecule has 1 saturated heterocycles. The second-order valence-electron chi connectivity index (χ2n) is 6.13. The Balaban J connectivity index is 1.46. The Bertz CT molecular complexity index is 932. The number of fused-ring (bicyclic) bond motifs is 1. The van der Waals surface area contributed by atoms with Crippen molar-refractivity contribution in [2.75, 3.05) is 43.1 Å². The molecule has 1 amide bonds. The van der Waals surface area contributed by atoms with Gasteiger partial charge in [0.2, 0.25) is 5.88 Å². The number of carbonyl (C=O) groups is 1. The van der Waals surface area contributed by atoms with Crippen LogP contribution in [0.5, 0.6) is 5.88 Å². The molecule has 0 atom stereocenters. The van der Waals surface area contributed by atoms with Crippen LogP contribution in [-0.2, 0) is 4.74 Å². The normalized spacial score (nSPS) is 14.3. The molecule has 140 valence electrons. The number of amides is 1. The highest BCUT2D eigenvalue weighted by atomic mass is 16.5. The van der Waals surface area contributed by atoms with Crippen molar-refractivity contribution in [3.63, 3.8) is 0 Å². The lowest BCUT2D eigenvalue weighted by atomic mass is 10.2. The molecule has 0 spiro atoms. The highest BCUT2D eigenvalue weighted by Gasteiger charge is 2.14. The monoisotopic (exact) mass is 367 g/mol. The number of nitrogens with zero attached hydrogens (tertiary/aromatic N) is 4. The van der Waals surface area contributed by atoms with Crippen molar-refractivity contribution in [1.29, 1.82) is 0 Å². The third kappa shape index (κ3) is 3.85. The first kappa shape index (κ1) is 17.3. The third-order valence-corrected chi connectivity index (χ3v) is 4.32. The van der Waals surface area contributed by atoms with Crippen molar-refractivity contribution in [3.05, 3.63) is 48.3 Å². The smallest absolute Gasteiger partial charge is 0.275 e. The van der Waals surface area contributed by atoms with E-state index in [0.29, 0.717) is 23.8 Å². The van der Waals surface area contributed by atoms with Gasteiger partial charge in [-0.25, -0.2) is 9.50 Å². The van der Waals surface area contributed by atoms with Crippen LogP contribution in [0.3, 0.4) is 0 Å². The molecule has 1 fully saturated rings. The first-order valence-electron chi connectivity index (χ1n) is 8.96. The topological polar surface area (TPSA) is 81.0 Å². The van der Waals surface area contributed by atoms with Crippen molar-refractivity contribution in [2.45, 2.75) is 6.92 Å². The van der Waals surface area contributed by atoms with Gasteiger partial charge >= 0.3 is 0 Å². The number of morpholine rings is 1. The van der Waals surface area contributed by atoms with E-state index in [9.17, 15) is 4.79 Å². The van der Waals surface area contributed by atoms with E-state index in [2.05, 4.69) is 20.3 Å². The molecule has 0 saturated carbocycles. The van der Waals surface area contributed by atoms with Crippen LogP contribution in [0.25, 0.3) is 5.65 Å². The second-order valence-corrected chi connectivity index (χ2v) is 6.13. The van der Waals surface area contributed by atoms with Gasteiger partial charge in [0.05, 0.1) is 26.0 Å². The fourth-order valence-corrected chi connectivity index (χ4v) is 2.97. The minimum Gasteiger partial charge on any atom is -0.477 e. The van der Waals surface area contributed by atoms with E-state index in [1.54, 1.807) is 22.8 Å². The standard InChI is InChI=1S/C19H21N5O3/c1-2-27-18-8-7-17-21-16(13-24(17)22-18)19(25)20-14-3-5-15(6-4-14)23-9-11-26-12-10-23/h3-8,13H,2,9-12H2,1H3,(H,20,25). The zero-order chi connectivity index (χ0) is 18.6. The number of hydrogen-bond acceptors (Lipinski definition) is 6. The number of benzene rings is 1. The molecule has 1 aliphatic heterocycles. The summed E-state index contributed by atoms with van der Waals surface area (Å²) in [5, 5.41) is 7.15. The SMILES string of the molecule is CCOc1ccc2nc(C(=O)Nc3ccc(N4CCOCC4)cc3)cn2n1. The molecule has 0 unspecified atom stereocenters. The molecule has 8 heteroatoms. The number of carbonyl (C=O) groups excluding carboxylic acids is 1. The van der Waals surface area contributed by atoms with E-state index in [0.717, 1.165) is 37.7 Å².